The van der Waals surface area contributed by atoms with Gasteiger partial charge in [0, 0.05) is 6.54 Å². The molecule has 1 unspecified atom stereocenters. The highest BCUT2D eigenvalue weighted by atomic mass is 32.2. The summed E-state index contributed by atoms with van der Waals surface area (Å²) in [6.45, 7) is 4.26. The van der Waals surface area contributed by atoms with E-state index in [4.69, 9.17) is 5.11 Å². The van der Waals surface area contributed by atoms with Gasteiger partial charge in [-0.1, -0.05) is 37.4 Å². The molecule has 1 amide bonds. The van der Waals surface area contributed by atoms with Crippen LogP contribution in [-0.4, -0.2) is 45.5 Å². The van der Waals surface area contributed by atoms with Gasteiger partial charge in [0.1, 0.15) is 11.6 Å². The lowest BCUT2D eigenvalue weighted by atomic mass is 10.2. The van der Waals surface area contributed by atoms with E-state index in [0.29, 0.717) is 17.1 Å². The van der Waals surface area contributed by atoms with E-state index < -0.39 is 23.9 Å². The Morgan fingerprint density at radius 1 is 1.32 bits per heavy atom. The second-order valence-corrected chi connectivity index (χ2v) is 7.58. The molecule has 1 atom stereocenters. The number of carbonyl (C=O) groups is 3. The van der Waals surface area contributed by atoms with Gasteiger partial charge >= 0.3 is 11.9 Å². The van der Waals surface area contributed by atoms with Crippen LogP contribution < -0.4 is 0 Å². The molecule has 2 heterocycles. The van der Waals surface area contributed by atoms with E-state index in [1.54, 1.807) is 0 Å². The molecule has 0 aromatic carbocycles. The van der Waals surface area contributed by atoms with E-state index in [-0.39, 0.29) is 18.0 Å². The van der Waals surface area contributed by atoms with Gasteiger partial charge in [-0.05, 0) is 29.1 Å². The molecule has 1 saturated heterocycles. The van der Waals surface area contributed by atoms with E-state index in [1.165, 1.54) is 23.5 Å². The summed E-state index contributed by atoms with van der Waals surface area (Å²) in [5.41, 5.74) is -0.324. The van der Waals surface area contributed by atoms with Gasteiger partial charge in [-0.2, -0.15) is 0 Å². The van der Waals surface area contributed by atoms with Crippen molar-refractivity contribution in [3.63, 3.8) is 0 Å². The van der Waals surface area contributed by atoms with Crippen LogP contribution in [0.25, 0.3) is 0 Å². The number of thioether (sulfide) groups is 2. The van der Waals surface area contributed by atoms with E-state index >= 15 is 0 Å². The van der Waals surface area contributed by atoms with E-state index in [1.807, 2.05) is 19.3 Å². The lowest BCUT2D eigenvalue weighted by Gasteiger charge is -2.22. The first kappa shape index (κ1) is 17.0. The number of carboxylic acid groups (broad SMARTS) is 2. The van der Waals surface area contributed by atoms with Gasteiger partial charge in [0.25, 0.3) is 5.91 Å². The lowest BCUT2D eigenvalue weighted by molar-refractivity contribution is -0.148. The standard InChI is InChI=1S/C14H17NO5S2/c1-7(2)9-6-21-14(22-9)10(13(19)20)11(16)15-5-3-4-8(15)12(17)18/h6-8H,3-5H2,1-2H3,(H,17,18)(H,19,20). The molecule has 2 aliphatic rings. The predicted molar refractivity (Wildman–Crippen MR) is 85.1 cm³/mol. The molecule has 0 aliphatic carbocycles. The summed E-state index contributed by atoms with van der Waals surface area (Å²) < 4.78 is 0.414. The van der Waals surface area contributed by atoms with Gasteiger partial charge in [-0.15, -0.1) is 0 Å². The summed E-state index contributed by atoms with van der Waals surface area (Å²) >= 11 is 2.50. The Bertz CT molecular complexity index is 582. The van der Waals surface area contributed by atoms with Crippen molar-refractivity contribution in [2.75, 3.05) is 6.54 Å². The minimum absolute atomic E-state index is 0.249. The highest BCUT2D eigenvalue weighted by Crippen LogP contribution is 2.48. The van der Waals surface area contributed by atoms with Gasteiger partial charge in [0.2, 0.25) is 0 Å². The van der Waals surface area contributed by atoms with Crippen LogP contribution in [0.1, 0.15) is 26.7 Å². The van der Waals surface area contributed by atoms with E-state index in [0.717, 1.165) is 9.81 Å². The zero-order valence-corrected chi connectivity index (χ0v) is 13.9. The third-order valence-electron chi connectivity index (χ3n) is 3.49. The highest BCUT2D eigenvalue weighted by Gasteiger charge is 2.39. The summed E-state index contributed by atoms with van der Waals surface area (Å²) in [6.07, 6.45) is 0.930. The fourth-order valence-electron chi connectivity index (χ4n) is 2.31. The minimum atomic E-state index is -1.31. The number of nitrogens with zero attached hydrogens (tertiary/aromatic N) is 1. The average molecular weight is 343 g/mol. The fraction of sp³-hybridized carbons (Fsp3) is 0.500. The van der Waals surface area contributed by atoms with Gasteiger partial charge in [0.15, 0.2) is 0 Å². The van der Waals surface area contributed by atoms with Crippen LogP contribution in [0.2, 0.25) is 0 Å². The van der Waals surface area contributed by atoms with Crippen molar-refractivity contribution >= 4 is 41.4 Å². The smallest absolute Gasteiger partial charge is 0.343 e. The first-order valence-corrected chi connectivity index (χ1v) is 8.58. The second-order valence-electron chi connectivity index (χ2n) is 5.36. The Morgan fingerprint density at radius 3 is 2.50 bits per heavy atom. The molecule has 1 fully saturated rings. The third kappa shape index (κ3) is 3.33. The van der Waals surface area contributed by atoms with E-state index in [2.05, 4.69) is 0 Å². The lowest BCUT2D eigenvalue weighted by Crippen LogP contribution is -2.42. The topological polar surface area (TPSA) is 94.9 Å². The first-order valence-electron chi connectivity index (χ1n) is 6.88. The number of hydrogen-bond acceptors (Lipinski definition) is 5. The van der Waals surface area contributed by atoms with Crippen LogP contribution in [0, 0.1) is 5.92 Å². The van der Waals surface area contributed by atoms with Crippen molar-refractivity contribution in [2.24, 2.45) is 5.92 Å². The maximum Gasteiger partial charge on any atom is 0.343 e. The average Bonchev–Trinajstić information content (AvgIpc) is 3.07. The Hall–Kier alpha value is -1.41. The van der Waals surface area contributed by atoms with Crippen LogP contribution in [-0.2, 0) is 14.4 Å². The molecule has 2 rings (SSSR count). The van der Waals surface area contributed by atoms with Gasteiger partial charge in [-0.25, -0.2) is 9.59 Å². The molecule has 0 radical (unpaired) electrons. The highest BCUT2D eigenvalue weighted by molar-refractivity contribution is 8.28. The van der Waals surface area contributed by atoms with Crippen molar-refractivity contribution < 1.29 is 24.6 Å². The van der Waals surface area contributed by atoms with Crippen molar-refractivity contribution in [2.45, 2.75) is 32.7 Å². The number of amides is 1. The molecule has 6 nitrogen and oxygen atoms in total. The third-order valence-corrected chi connectivity index (χ3v) is 6.18. The van der Waals surface area contributed by atoms with Crippen molar-refractivity contribution in [3.05, 3.63) is 20.1 Å². The Morgan fingerprint density at radius 2 is 2.00 bits per heavy atom. The molecule has 120 valence electrons. The molecule has 0 spiro atoms. The van der Waals surface area contributed by atoms with Crippen LogP contribution in [0.5, 0.6) is 0 Å². The predicted octanol–water partition coefficient (Wildman–Crippen LogP) is 2.34. The van der Waals surface area contributed by atoms with Crippen LogP contribution in [0.15, 0.2) is 20.1 Å². The first-order chi connectivity index (χ1) is 10.3. The molecule has 0 saturated carbocycles. The van der Waals surface area contributed by atoms with Crippen LogP contribution in [0.3, 0.4) is 0 Å². The maximum atomic E-state index is 12.5. The largest absolute Gasteiger partial charge is 0.480 e. The monoisotopic (exact) mass is 343 g/mol. The molecular formula is C14H17NO5S2. The summed E-state index contributed by atoms with van der Waals surface area (Å²) in [7, 11) is 0. The molecule has 8 heteroatoms. The van der Waals surface area contributed by atoms with Gasteiger partial charge < -0.3 is 15.1 Å². The summed E-state index contributed by atoms with van der Waals surface area (Å²) in [4.78, 5) is 37.4. The van der Waals surface area contributed by atoms with Crippen molar-refractivity contribution in [1.29, 1.82) is 0 Å². The molecular weight excluding hydrogens is 326 g/mol. The number of rotatable bonds is 4. The normalized spacial score (nSPS) is 23.7. The van der Waals surface area contributed by atoms with Crippen LogP contribution in [0.4, 0.5) is 0 Å². The molecule has 0 aromatic rings. The number of hydrogen-bond donors (Lipinski definition) is 2. The number of allylic oxidation sites excluding steroid dienone is 1. The van der Waals surface area contributed by atoms with Gasteiger partial charge in [0.05, 0.1) is 4.24 Å². The zero-order valence-electron chi connectivity index (χ0n) is 12.2. The van der Waals surface area contributed by atoms with Crippen LogP contribution >= 0.6 is 23.5 Å². The second kappa shape index (κ2) is 6.78. The summed E-state index contributed by atoms with van der Waals surface area (Å²) in [6, 6.07) is -0.934. The summed E-state index contributed by atoms with van der Waals surface area (Å²) in [5, 5.41) is 20.4. The SMILES string of the molecule is CC(C)C1=CSC(=C(C(=O)O)C(=O)N2CCCC2C(=O)O)S1. The Kier molecular flexibility index (Phi) is 5.23. The van der Waals surface area contributed by atoms with Crippen molar-refractivity contribution in [1.82, 2.24) is 4.90 Å². The molecule has 22 heavy (non-hydrogen) atoms. The zero-order chi connectivity index (χ0) is 16.4. The maximum absolute atomic E-state index is 12.5. The fourth-order valence-corrected chi connectivity index (χ4v) is 4.78. The van der Waals surface area contributed by atoms with Gasteiger partial charge in [-0.3, -0.25) is 4.79 Å². The molecule has 0 aromatic heterocycles. The minimum Gasteiger partial charge on any atom is -0.480 e. The Labute approximate surface area is 136 Å². The van der Waals surface area contributed by atoms with E-state index in [9.17, 15) is 19.5 Å². The number of likely N-dealkylation sites (tertiary alicyclic amines) is 1. The number of aliphatic carboxylic acids is 2. The van der Waals surface area contributed by atoms with Crippen molar-refractivity contribution in [3.8, 4) is 0 Å². The molecule has 2 aliphatic heterocycles. The number of carboxylic acids is 2. The molecule has 0 bridgehead atoms. The molecule has 2 N–H and O–H groups in total. The number of carbonyl (C=O) groups excluding carboxylic acids is 1. The summed E-state index contributed by atoms with van der Waals surface area (Å²) in [5.74, 6) is -2.85. The quantitative estimate of drug-likeness (QED) is 0.459. The Balaban J connectivity index is 2.28.